The standard InChI is InChI=1S/C13H14FN3O/c1-8-4-5-10(14)11(6-8)18-12-9(2)7-16-13(15-3)17-12/h4-7H,1-3H3,(H,15,16,17). The number of anilines is 1. The van der Waals surface area contributed by atoms with Crippen LogP contribution >= 0.6 is 0 Å². The van der Waals surface area contributed by atoms with Gasteiger partial charge in [0.25, 0.3) is 0 Å². The fourth-order valence-electron chi connectivity index (χ4n) is 1.44. The predicted octanol–water partition coefficient (Wildman–Crippen LogP) is 3.07. The minimum atomic E-state index is -0.412. The molecule has 1 aromatic heterocycles. The predicted molar refractivity (Wildman–Crippen MR) is 67.5 cm³/mol. The van der Waals surface area contributed by atoms with Gasteiger partial charge in [-0.2, -0.15) is 4.98 Å². The normalized spacial score (nSPS) is 10.2. The van der Waals surface area contributed by atoms with E-state index >= 15 is 0 Å². The summed E-state index contributed by atoms with van der Waals surface area (Å²) in [6, 6.07) is 4.70. The number of hydrogen-bond donors (Lipinski definition) is 1. The zero-order valence-electron chi connectivity index (χ0n) is 10.5. The molecule has 0 saturated carbocycles. The quantitative estimate of drug-likeness (QED) is 0.905. The highest BCUT2D eigenvalue weighted by Crippen LogP contribution is 2.26. The first-order valence-electron chi connectivity index (χ1n) is 5.55. The maximum Gasteiger partial charge on any atom is 0.227 e. The van der Waals surface area contributed by atoms with Gasteiger partial charge >= 0.3 is 0 Å². The summed E-state index contributed by atoms with van der Waals surface area (Å²) in [5.41, 5.74) is 1.67. The van der Waals surface area contributed by atoms with Crippen LogP contribution < -0.4 is 10.1 Å². The third-order valence-electron chi connectivity index (χ3n) is 2.44. The Hall–Kier alpha value is -2.17. The molecule has 0 unspecified atom stereocenters. The van der Waals surface area contributed by atoms with Gasteiger partial charge in [-0.05, 0) is 31.5 Å². The molecule has 0 radical (unpaired) electrons. The number of halogens is 1. The van der Waals surface area contributed by atoms with Gasteiger partial charge in [0.05, 0.1) is 0 Å². The maximum atomic E-state index is 13.6. The number of ether oxygens (including phenoxy) is 1. The number of hydrogen-bond acceptors (Lipinski definition) is 4. The van der Waals surface area contributed by atoms with Gasteiger partial charge < -0.3 is 10.1 Å². The van der Waals surface area contributed by atoms with Crippen LogP contribution in [0.15, 0.2) is 24.4 Å². The largest absolute Gasteiger partial charge is 0.435 e. The van der Waals surface area contributed by atoms with Crippen molar-refractivity contribution < 1.29 is 9.13 Å². The molecule has 0 saturated heterocycles. The molecule has 5 heteroatoms. The molecule has 0 fully saturated rings. The third-order valence-corrected chi connectivity index (χ3v) is 2.44. The average Bonchev–Trinajstić information content (AvgIpc) is 2.36. The Balaban J connectivity index is 2.36. The smallest absolute Gasteiger partial charge is 0.227 e. The van der Waals surface area contributed by atoms with Crippen molar-refractivity contribution in [3.63, 3.8) is 0 Å². The number of nitrogens with zero attached hydrogens (tertiary/aromatic N) is 2. The Morgan fingerprint density at radius 3 is 2.78 bits per heavy atom. The number of rotatable bonds is 3. The molecular weight excluding hydrogens is 233 g/mol. The lowest BCUT2D eigenvalue weighted by molar-refractivity contribution is 0.423. The van der Waals surface area contributed by atoms with Crippen molar-refractivity contribution in [3.8, 4) is 11.6 Å². The van der Waals surface area contributed by atoms with E-state index in [4.69, 9.17) is 4.74 Å². The lowest BCUT2D eigenvalue weighted by Crippen LogP contribution is -2.00. The summed E-state index contributed by atoms with van der Waals surface area (Å²) in [5.74, 6) is 0.533. The molecule has 0 amide bonds. The van der Waals surface area contributed by atoms with Crippen LogP contribution in [0.4, 0.5) is 10.3 Å². The monoisotopic (exact) mass is 247 g/mol. The van der Waals surface area contributed by atoms with E-state index in [-0.39, 0.29) is 5.75 Å². The second kappa shape index (κ2) is 5.00. The molecule has 0 aliphatic heterocycles. The van der Waals surface area contributed by atoms with Gasteiger partial charge in [-0.25, -0.2) is 9.37 Å². The molecule has 0 aliphatic carbocycles. The summed E-state index contributed by atoms with van der Waals surface area (Å²) in [4.78, 5) is 8.19. The van der Waals surface area contributed by atoms with Gasteiger partial charge in [0, 0.05) is 18.8 Å². The molecule has 4 nitrogen and oxygen atoms in total. The molecule has 0 aliphatic rings. The summed E-state index contributed by atoms with van der Waals surface area (Å²) in [5, 5.41) is 2.81. The molecule has 1 aromatic carbocycles. The summed E-state index contributed by atoms with van der Waals surface area (Å²) in [6.07, 6.45) is 1.63. The van der Waals surface area contributed by atoms with Crippen molar-refractivity contribution in [2.24, 2.45) is 0 Å². The summed E-state index contributed by atoms with van der Waals surface area (Å²) in [6.45, 7) is 3.68. The average molecular weight is 247 g/mol. The zero-order valence-corrected chi connectivity index (χ0v) is 10.5. The number of benzene rings is 1. The Morgan fingerprint density at radius 2 is 2.06 bits per heavy atom. The second-order valence-electron chi connectivity index (χ2n) is 3.97. The number of aryl methyl sites for hydroxylation is 2. The fraction of sp³-hybridized carbons (Fsp3) is 0.231. The lowest BCUT2D eigenvalue weighted by Gasteiger charge is -2.09. The van der Waals surface area contributed by atoms with E-state index in [0.717, 1.165) is 11.1 Å². The number of aromatic nitrogens is 2. The third kappa shape index (κ3) is 2.56. The molecule has 18 heavy (non-hydrogen) atoms. The molecule has 0 bridgehead atoms. The molecule has 0 atom stereocenters. The van der Waals surface area contributed by atoms with Crippen LogP contribution in [0.5, 0.6) is 11.6 Å². The van der Waals surface area contributed by atoms with Crippen molar-refractivity contribution >= 4 is 5.95 Å². The SMILES string of the molecule is CNc1ncc(C)c(Oc2cc(C)ccc2F)n1. The van der Waals surface area contributed by atoms with Gasteiger partial charge in [0.2, 0.25) is 11.8 Å². The topological polar surface area (TPSA) is 47.0 Å². The Morgan fingerprint density at radius 1 is 1.28 bits per heavy atom. The highest BCUT2D eigenvalue weighted by Gasteiger charge is 2.09. The van der Waals surface area contributed by atoms with Crippen molar-refractivity contribution in [1.29, 1.82) is 0 Å². The highest BCUT2D eigenvalue weighted by molar-refractivity contribution is 5.37. The van der Waals surface area contributed by atoms with E-state index in [1.54, 1.807) is 25.4 Å². The first-order chi connectivity index (χ1) is 8.60. The van der Waals surface area contributed by atoms with Gasteiger partial charge in [-0.3, -0.25) is 0 Å². The van der Waals surface area contributed by atoms with Gasteiger partial charge in [0.15, 0.2) is 11.6 Å². The molecule has 0 spiro atoms. The Labute approximate surface area is 105 Å². The van der Waals surface area contributed by atoms with Crippen molar-refractivity contribution in [3.05, 3.63) is 41.3 Å². The van der Waals surface area contributed by atoms with E-state index in [0.29, 0.717) is 11.8 Å². The van der Waals surface area contributed by atoms with Gasteiger partial charge in [0.1, 0.15) is 0 Å². The van der Waals surface area contributed by atoms with Crippen LogP contribution in [-0.4, -0.2) is 17.0 Å². The maximum absolute atomic E-state index is 13.6. The molecule has 1 heterocycles. The minimum absolute atomic E-state index is 0.166. The van der Waals surface area contributed by atoms with Crippen molar-refractivity contribution in [2.75, 3.05) is 12.4 Å². The van der Waals surface area contributed by atoms with Gasteiger partial charge in [-0.15, -0.1) is 0 Å². The van der Waals surface area contributed by atoms with Crippen molar-refractivity contribution in [1.82, 2.24) is 9.97 Å². The van der Waals surface area contributed by atoms with E-state index < -0.39 is 5.82 Å². The Kier molecular flexibility index (Phi) is 3.41. The first kappa shape index (κ1) is 12.3. The minimum Gasteiger partial charge on any atom is -0.435 e. The van der Waals surface area contributed by atoms with Gasteiger partial charge in [-0.1, -0.05) is 6.07 Å². The molecular formula is C13H14FN3O. The van der Waals surface area contributed by atoms with E-state index in [9.17, 15) is 4.39 Å². The molecule has 2 aromatic rings. The number of nitrogens with one attached hydrogen (secondary N) is 1. The van der Waals surface area contributed by atoms with Crippen LogP contribution in [-0.2, 0) is 0 Å². The zero-order chi connectivity index (χ0) is 13.1. The van der Waals surface area contributed by atoms with Crippen LogP contribution in [0.1, 0.15) is 11.1 Å². The second-order valence-corrected chi connectivity index (χ2v) is 3.97. The lowest BCUT2D eigenvalue weighted by atomic mass is 10.2. The molecule has 94 valence electrons. The van der Waals surface area contributed by atoms with E-state index in [1.165, 1.54) is 6.07 Å². The highest BCUT2D eigenvalue weighted by atomic mass is 19.1. The van der Waals surface area contributed by atoms with Crippen molar-refractivity contribution in [2.45, 2.75) is 13.8 Å². The van der Waals surface area contributed by atoms with Crippen LogP contribution in [0.2, 0.25) is 0 Å². The van der Waals surface area contributed by atoms with Crippen LogP contribution in [0.25, 0.3) is 0 Å². The van der Waals surface area contributed by atoms with E-state index in [1.807, 2.05) is 13.8 Å². The molecule has 2 rings (SSSR count). The first-order valence-corrected chi connectivity index (χ1v) is 5.55. The molecule has 1 N–H and O–H groups in total. The summed E-state index contributed by atoms with van der Waals surface area (Å²) >= 11 is 0. The fourth-order valence-corrected chi connectivity index (χ4v) is 1.44. The Bertz CT molecular complexity index is 572. The van der Waals surface area contributed by atoms with Crippen LogP contribution in [0, 0.1) is 19.7 Å². The van der Waals surface area contributed by atoms with Crippen LogP contribution in [0.3, 0.4) is 0 Å². The van der Waals surface area contributed by atoms with E-state index in [2.05, 4.69) is 15.3 Å². The summed E-state index contributed by atoms with van der Waals surface area (Å²) in [7, 11) is 1.71. The summed E-state index contributed by atoms with van der Waals surface area (Å²) < 4.78 is 19.1.